The third-order valence-corrected chi connectivity index (χ3v) is 4.64. The molecule has 4 rings (SSSR count). The fourth-order valence-electron chi connectivity index (χ4n) is 3.32. The maximum absolute atomic E-state index is 13.2. The highest BCUT2D eigenvalue weighted by atomic mass is 19.4. The van der Waals surface area contributed by atoms with Crippen molar-refractivity contribution in [3.05, 3.63) is 79.9 Å². The van der Waals surface area contributed by atoms with Crippen LogP contribution in [0.2, 0.25) is 0 Å². The van der Waals surface area contributed by atoms with E-state index in [9.17, 15) is 28.1 Å². The molecule has 9 heteroatoms. The fourth-order valence-corrected chi connectivity index (χ4v) is 3.32. The van der Waals surface area contributed by atoms with Gasteiger partial charge in [0, 0.05) is 18.7 Å². The van der Waals surface area contributed by atoms with Gasteiger partial charge in [0.15, 0.2) is 0 Å². The number of non-ortho nitro benzene ring substituents is 1. The van der Waals surface area contributed by atoms with Crippen molar-refractivity contribution in [1.82, 2.24) is 9.55 Å². The average molecular weight is 387 g/mol. The number of alkyl halides is 3. The molecule has 1 aliphatic heterocycles. The molecule has 1 aliphatic rings. The third-order valence-electron chi connectivity index (χ3n) is 4.64. The van der Waals surface area contributed by atoms with E-state index in [2.05, 4.69) is 4.98 Å². The summed E-state index contributed by atoms with van der Waals surface area (Å²) in [7, 11) is 0. The number of benzene rings is 2. The molecule has 0 saturated carbocycles. The Morgan fingerprint density at radius 1 is 1.18 bits per heavy atom. The molecular formula is C19H12F3N3O3. The minimum atomic E-state index is -4.50. The van der Waals surface area contributed by atoms with Gasteiger partial charge in [0.1, 0.15) is 5.82 Å². The Balaban J connectivity index is 1.88. The second kappa shape index (κ2) is 6.29. The Morgan fingerprint density at radius 2 is 1.93 bits per heavy atom. The molecule has 2 aromatic carbocycles. The van der Waals surface area contributed by atoms with E-state index >= 15 is 0 Å². The normalized spacial score (nSPS) is 15.2. The zero-order chi connectivity index (χ0) is 20.1. The topological polar surface area (TPSA) is 78.0 Å². The van der Waals surface area contributed by atoms with Crippen LogP contribution in [0.1, 0.15) is 23.4 Å². The SMILES string of the molecule is O=c1c2cc([N+](=O)[O-])ccc2nc2n1CC/C2=C/c1ccccc1C(F)(F)F. The first-order valence-electron chi connectivity index (χ1n) is 8.32. The number of rotatable bonds is 2. The van der Waals surface area contributed by atoms with Gasteiger partial charge in [-0.2, -0.15) is 13.2 Å². The Morgan fingerprint density at radius 3 is 2.64 bits per heavy atom. The van der Waals surface area contributed by atoms with Gasteiger partial charge in [-0.3, -0.25) is 19.5 Å². The summed E-state index contributed by atoms with van der Waals surface area (Å²) in [6.45, 7) is 0.250. The van der Waals surface area contributed by atoms with Crippen LogP contribution >= 0.6 is 0 Å². The molecule has 0 atom stereocenters. The lowest BCUT2D eigenvalue weighted by molar-refractivity contribution is -0.384. The zero-order valence-electron chi connectivity index (χ0n) is 14.2. The molecule has 3 aromatic rings. The first kappa shape index (κ1) is 17.9. The lowest BCUT2D eigenvalue weighted by Crippen LogP contribution is -2.20. The number of halogens is 3. The lowest BCUT2D eigenvalue weighted by atomic mass is 10.0. The van der Waals surface area contributed by atoms with Crippen LogP contribution in [0.5, 0.6) is 0 Å². The van der Waals surface area contributed by atoms with Crippen molar-refractivity contribution in [2.75, 3.05) is 0 Å². The predicted octanol–water partition coefficient (Wildman–Crippen LogP) is 4.27. The summed E-state index contributed by atoms with van der Waals surface area (Å²) in [6, 6.07) is 8.96. The van der Waals surface area contributed by atoms with E-state index in [1.54, 1.807) is 0 Å². The van der Waals surface area contributed by atoms with E-state index in [-0.39, 0.29) is 34.5 Å². The van der Waals surface area contributed by atoms with Crippen LogP contribution in [0.3, 0.4) is 0 Å². The lowest BCUT2D eigenvalue weighted by Gasteiger charge is -2.11. The largest absolute Gasteiger partial charge is 0.416 e. The molecular weight excluding hydrogens is 375 g/mol. The van der Waals surface area contributed by atoms with Crippen LogP contribution in [0, 0.1) is 10.1 Å². The summed E-state index contributed by atoms with van der Waals surface area (Å²) in [5.74, 6) is 0.281. The van der Waals surface area contributed by atoms with Gasteiger partial charge in [-0.25, -0.2) is 4.98 Å². The molecule has 0 radical (unpaired) electrons. The van der Waals surface area contributed by atoms with Crippen molar-refractivity contribution in [3.8, 4) is 0 Å². The smallest absolute Gasteiger partial charge is 0.292 e. The molecule has 0 spiro atoms. The Hall–Kier alpha value is -3.49. The summed E-state index contributed by atoms with van der Waals surface area (Å²) < 4.78 is 41.1. The van der Waals surface area contributed by atoms with Crippen molar-refractivity contribution in [1.29, 1.82) is 0 Å². The molecule has 2 heterocycles. The van der Waals surface area contributed by atoms with Gasteiger partial charge in [-0.1, -0.05) is 18.2 Å². The van der Waals surface area contributed by atoms with Crippen LogP contribution in [-0.4, -0.2) is 14.5 Å². The number of aromatic nitrogens is 2. The van der Waals surface area contributed by atoms with E-state index in [1.807, 2.05) is 0 Å². The monoisotopic (exact) mass is 387 g/mol. The van der Waals surface area contributed by atoms with Crippen LogP contribution in [0.4, 0.5) is 18.9 Å². The van der Waals surface area contributed by atoms with Crippen LogP contribution in [0.25, 0.3) is 22.6 Å². The van der Waals surface area contributed by atoms with Crippen LogP contribution in [0.15, 0.2) is 47.3 Å². The van der Waals surface area contributed by atoms with Gasteiger partial charge < -0.3 is 0 Å². The van der Waals surface area contributed by atoms with E-state index in [0.717, 1.165) is 6.07 Å². The van der Waals surface area contributed by atoms with E-state index < -0.39 is 22.2 Å². The highest BCUT2D eigenvalue weighted by Crippen LogP contribution is 2.35. The van der Waals surface area contributed by atoms with Crippen molar-refractivity contribution in [3.63, 3.8) is 0 Å². The number of nitro groups is 1. The van der Waals surface area contributed by atoms with Crippen LogP contribution in [-0.2, 0) is 12.7 Å². The van der Waals surface area contributed by atoms with Gasteiger partial charge in [0.2, 0.25) is 0 Å². The summed E-state index contributed by atoms with van der Waals surface area (Å²) in [6.07, 6.45) is -2.76. The van der Waals surface area contributed by atoms with Crippen molar-refractivity contribution in [2.24, 2.45) is 0 Å². The third kappa shape index (κ3) is 2.94. The highest BCUT2D eigenvalue weighted by Gasteiger charge is 2.33. The summed E-state index contributed by atoms with van der Waals surface area (Å²) in [5, 5.41) is 11.0. The van der Waals surface area contributed by atoms with Crippen molar-refractivity contribution < 1.29 is 18.1 Å². The molecule has 6 nitrogen and oxygen atoms in total. The molecule has 0 bridgehead atoms. The number of nitrogens with zero attached hydrogens (tertiary/aromatic N) is 3. The molecule has 28 heavy (non-hydrogen) atoms. The molecule has 142 valence electrons. The van der Waals surface area contributed by atoms with Gasteiger partial charge in [-0.05, 0) is 35.8 Å². The summed E-state index contributed by atoms with van der Waals surface area (Å²) >= 11 is 0. The Bertz CT molecular complexity index is 1210. The van der Waals surface area contributed by atoms with Crippen molar-refractivity contribution in [2.45, 2.75) is 19.1 Å². The number of hydrogen-bond acceptors (Lipinski definition) is 4. The Labute approximate surface area is 155 Å². The number of fused-ring (bicyclic) bond motifs is 2. The number of hydrogen-bond donors (Lipinski definition) is 0. The maximum Gasteiger partial charge on any atom is 0.416 e. The molecule has 0 unspecified atom stereocenters. The number of allylic oxidation sites excluding steroid dienone is 1. The second-order valence-corrected chi connectivity index (χ2v) is 6.36. The summed E-state index contributed by atoms with van der Waals surface area (Å²) in [5.41, 5.74) is -0.667. The standard InChI is InChI=1S/C19H12F3N3O3/c20-19(21,22)15-4-2-1-3-11(15)9-12-7-8-24-17(12)23-16-6-5-13(25(27)28)10-14(16)18(24)26/h1-6,9-10H,7-8H2/b12-9-. The molecule has 0 N–H and O–H groups in total. The molecule has 0 saturated heterocycles. The second-order valence-electron chi connectivity index (χ2n) is 6.36. The average Bonchev–Trinajstić information content (AvgIpc) is 3.04. The number of nitro benzene ring substituents is 1. The minimum absolute atomic E-state index is 0.00324. The van der Waals surface area contributed by atoms with Gasteiger partial charge in [-0.15, -0.1) is 0 Å². The maximum atomic E-state index is 13.2. The van der Waals surface area contributed by atoms with E-state index in [4.69, 9.17) is 0 Å². The predicted molar refractivity (Wildman–Crippen MR) is 96.6 cm³/mol. The van der Waals surface area contributed by atoms with Gasteiger partial charge >= 0.3 is 6.18 Å². The first-order chi connectivity index (χ1) is 13.3. The summed E-state index contributed by atoms with van der Waals surface area (Å²) in [4.78, 5) is 27.4. The van der Waals surface area contributed by atoms with E-state index in [0.29, 0.717) is 12.0 Å². The molecule has 1 aromatic heterocycles. The van der Waals surface area contributed by atoms with Crippen molar-refractivity contribution >= 4 is 28.2 Å². The minimum Gasteiger partial charge on any atom is -0.292 e. The zero-order valence-corrected chi connectivity index (χ0v) is 14.2. The highest BCUT2D eigenvalue weighted by molar-refractivity contribution is 5.86. The Kier molecular flexibility index (Phi) is 4.02. The molecule has 0 fully saturated rings. The first-order valence-corrected chi connectivity index (χ1v) is 8.32. The fraction of sp³-hybridized carbons (Fsp3) is 0.158. The van der Waals surface area contributed by atoms with Gasteiger partial charge in [0.25, 0.3) is 11.2 Å². The molecule has 0 aliphatic carbocycles. The molecule has 0 amide bonds. The quantitative estimate of drug-likeness (QED) is 0.486. The van der Waals surface area contributed by atoms with Gasteiger partial charge in [0.05, 0.1) is 21.4 Å². The van der Waals surface area contributed by atoms with E-state index in [1.165, 1.54) is 47.0 Å². The van der Waals surface area contributed by atoms with Crippen LogP contribution < -0.4 is 5.56 Å².